The molecule has 1 aliphatic heterocycles. The molecule has 2 atom stereocenters. The van der Waals surface area contributed by atoms with Crippen molar-refractivity contribution in [3.05, 3.63) is 0 Å². The molecule has 5 nitrogen and oxygen atoms in total. The van der Waals surface area contributed by atoms with Crippen LogP contribution >= 0.6 is 0 Å². The van der Waals surface area contributed by atoms with Crippen molar-refractivity contribution < 1.29 is 14.3 Å². The van der Waals surface area contributed by atoms with Gasteiger partial charge >= 0.3 is 5.97 Å². The molecule has 1 amide bonds. The van der Waals surface area contributed by atoms with Gasteiger partial charge in [-0.2, -0.15) is 0 Å². The topological polar surface area (TPSA) is 67.4 Å². The van der Waals surface area contributed by atoms with Crippen LogP contribution in [0.5, 0.6) is 0 Å². The maximum atomic E-state index is 11.9. The first-order valence-corrected chi connectivity index (χ1v) is 7.10. The zero-order chi connectivity index (χ0) is 14.3. The predicted octanol–water partition coefficient (Wildman–Crippen LogP) is 1.08. The zero-order valence-corrected chi connectivity index (χ0v) is 12.2. The van der Waals surface area contributed by atoms with Crippen molar-refractivity contribution in [1.29, 1.82) is 0 Å². The number of methoxy groups -OCH3 is 1. The molecule has 0 radical (unpaired) electrons. The molecule has 2 unspecified atom stereocenters. The molecule has 1 aliphatic rings. The van der Waals surface area contributed by atoms with Crippen molar-refractivity contribution >= 4 is 11.9 Å². The fourth-order valence-corrected chi connectivity index (χ4v) is 2.39. The van der Waals surface area contributed by atoms with E-state index in [-0.39, 0.29) is 11.9 Å². The Kier molecular flexibility index (Phi) is 6.84. The van der Waals surface area contributed by atoms with Gasteiger partial charge in [-0.3, -0.25) is 4.79 Å². The van der Waals surface area contributed by atoms with E-state index in [1.165, 1.54) is 7.11 Å². The molecule has 1 fully saturated rings. The number of carbonyl (C=O) groups is 2. The van der Waals surface area contributed by atoms with Crippen LogP contribution in [0.2, 0.25) is 0 Å². The molecule has 0 spiro atoms. The Morgan fingerprint density at radius 1 is 1.42 bits per heavy atom. The number of hydrogen-bond acceptors (Lipinski definition) is 4. The van der Waals surface area contributed by atoms with E-state index >= 15 is 0 Å². The summed E-state index contributed by atoms with van der Waals surface area (Å²) in [7, 11) is 1.35. The van der Waals surface area contributed by atoms with Gasteiger partial charge in [-0.15, -0.1) is 0 Å². The molecule has 5 heteroatoms. The van der Waals surface area contributed by atoms with Gasteiger partial charge in [0, 0.05) is 6.42 Å². The highest BCUT2D eigenvalue weighted by Crippen LogP contribution is 2.14. The van der Waals surface area contributed by atoms with Crippen molar-refractivity contribution in [2.75, 3.05) is 20.2 Å². The van der Waals surface area contributed by atoms with Crippen LogP contribution in [0.15, 0.2) is 0 Å². The molecule has 19 heavy (non-hydrogen) atoms. The second kappa shape index (κ2) is 8.15. The number of esters is 1. The van der Waals surface area contributed by atoms with Gasteiger partial charge in [-0.1, -0.05) is 13.8 Å². The van der Waals surface area contributed by atoms with Gasteiger partial charge in [-0.25, -0.2) is 4.79 Å². The summed E-state index contributed by atoms with van der Waals surface area (Å²) in [5, 5.41) is 6.07. The average Bonchev–Trinajstić information content (AvgIpc) is 2.87. The smallest absolute Gasteiger partial charge is 0.328 e. The van der Waals surface area contributed by atoms with Gasteiger partial charge in [0.15, 0.2) is 0 Å². The molecule has 0 bridgehead atoms. The van der Waals surface area contributed by atoms with Crippen LogP contribution in [0.1, 0.15) is 39.5 Å². The molecule has 1 saturated heterocycles. The summed E-state index contributed by atoms with van der Waals surface area (Å²) in [6.45, 7) is 6.09. The van der Waals surface area contributed by atoms with Crippen LogP contribution in [0, 0.1) is 11.8 Å². The summed E-state index contributed by atoms with van der Waals surface area (Å²) >= 11 is 0. The Hall–Kier alpha value is -1.10. The van der Waals surface area contributed by atoms with Gasteiger partial charge in [0.25, 0.3) is 0 Å². The van der Waals surface area contributed by atoms with Crippen molar-refractivity contribution in [1.82, 2.24) is 10.6 Å². The van der Waals surface area contributed by atoms with Gasteiger partial charge < -0.3 is 15.4 Å². The minimum atomic E-state index is -0.515. The van der Waals surface area contributed by atoms with Crippen LogP contribution < -0.4 is 10.6 Å². The predicted molar refractivity (Wildman–Crippen MR) is 73.6 cm³/mol. The highest BCUT2D eigenvalue weighted by Gasteiger charge is 2.23. The maximum absolute atomic E-state index is 11.9. The lowest BCUT2D eigenvalue weighted by Crippen LogP contribution is -2.42. The molecule has 0 saturated carbocycles. The highest BCUT2D eigenvalue weighted by atomic mass is 16.5. The lowest BCUT2D eigenvalue weighted by Gasteiger charge is -2.18. The number of ether oxygens (including phenoxy) is 1. The number of hydrogen-bond donors (Lipinski definition) is 2. The SMILES string of the molecule is COC(=O)C(CC(C)C)NC(=O)CCC1CCNC1. The average molecular weight is 270 g/mol. The normalized spacial score (nSPS) is 20.3. The number of nitrogens with one attached hydrogen (secondary N) is 2. The third-order valence-corrected chi connectivity index (χ3v) is 3.47. The monoisotopic (exact) mass is 270 g/mol. The zero-order valence-electron chi connectivity index (χ0n) is 12.2. The van der Waals surface area contributed by atoms with Crippen molar-refractivity contribution in [2.45, 2.75) is 45.6 Å². The van der Waals surface area contributed by atoms with E-state index in [0.29, 0.717) is 24.7 Å². The quantitative estimate of drug-likeness (QED) is 0.679. The summed E-state index contributed by atoms with van der Waals surface area (Å²) in [6.07, 6.45) is 3.12. The Labute approximate surface area is 115 Å². The lowest BCUT2D eigenvalue weighted by molar-refractivity contribution is -0.145. The standard InChI is InChI=1S/C14H26N2O3/c1-10(2)8-12(14(18)19-3)16-13(17)5-4-11-6-7-15-9-11/h10-12,15H,4-9H2,1-3H3,(H,16,17). The van der Waals surface area contributed by atoms with E-state index in [1.54, 1.807) is 0 Å². The molecule has 1 rings (SSSR count). The van der Waals surface area contributed by atoms with Gasteiger partial charge in [0.05, 0.1) is 7.11 Å². The van der Waals surface area contributed by atoms with E-state index in [1.807, 2.05) is 13.8 Å². The summed E-state index contributed by atoms with van der Waals surface area (Å²) in [5.74, 6) is 0.517. The second-order valence-corrected chi connectivity index (χ2v) is 5.67. The van der Waals surface area contributed by atoms with E-state index in [0.717, 1.165) is 25.9 Å². The molecule has 2 N–H and O–H groups in total. The van der Waals surface area contributed by atoms with Crippen molar-refractivity contribution in [2.24, 2.45) is 11.8 Å². The van der Waals surface area contributed by atoms with E-state index in [9.17, 15) is 9.59 Å². The molecule has 110 valence electrons. The molecule has 0 aliphatic carbocycles. The molecule has 0 aromatic heterocycles. The summed E-state index contributed by atoms with van der Waals surface area (Å²) in [4.78, 5) is 23.5. The van der Waals surface area contributed by atoms with Crippen molar-refractivity contribution in [3.8, 4) is 0 Å². The first-order chi connectivity index (χ1) is 9.02. The van der Waals surface area contributed by atoms with Crippen molar-refractivity contribution in [3.63, 3.8) is 0 Å². The minimum absolute atomic E-state index is 0.0528. The third-order valence-electron chi connectivity index (χ3n) is 3.47. The summed E-state index contributed by atoms with van der Waals surface area (Å²) in [6, 6.07) is -0.515. The van der Waals surface area contributed by atoms with E-state index in [2.05, 4.69) is 10.6 Å². The van der Waals surface area contributed by atoms with Crippen LogP contribution in [0.25, 0.3) is 0 Å². The highest BCUT2D eigenvalue weighted by molar-refractivity contribution is 5.84. The molecule has 0 aromatic carbocycles. The third kappa shape index (κ3) is 6.05. The summed E-state index contributed by atoms with van der Waals surface area (Å²) in [5.41, 5.74) is 0. The van der Waals surface area contributed by atoms with Crippen LogP contribution in [0.3, 0.4) is 0 Å². The molecular weight excluding hydrogens is 244 g/mol. The fourth-order valence-electron chi connectivity index (χ4n) is 2.39. The Balaban J connectivity index is 2.34. The maximum Gasteiger partial charge on any atom is 0.328 e. The molecule has 1 heterocycles. The number of carbonyl (C=O) groups excluding carboxylic acids is 2. The Morgan fingerprint density at radius 2 is 2.16 bits per heavy atom. The van der Waals surface area contributed by atoms with Gasteiger partial charge in [0.2, 0.25) is 5.91 Å². The Bertz CT molecular complexity index is 299. The second-order valence-electron chi connectivity index (χ2n) is 5.67. The van der Waals surface area contributed by atoms with Crippen LogP contribution in [0.4, 0.5) is 0 Å². The van der Waals surface area contributed by atoms with Crippen LogP contribution in [-0.4, -0.2) is 38.1 Å². The molecular formula is C14H26N2O3. The fraction of sp³-hybridized carbons (Fsp3) is 0.857. The number of amides is 1. The van der Waals surface area contributed by atoms with E-state index < -0.39 is 6.04 Å². The first-order valence-electron chi connectivity index (χ1n) is 7.10. The lowest BCUT2D eigenvalue weighted by atomic mass is 10.0. The van der Waals surface area contributed by atoms with Gasteiger partial charge in [0.1, 0.15) is 6.04 Å². The number of rotatable bonds is 7. The Morgan fingerprint density at radius 3 is 2.68 bits per heavy atom. The minimum Gasteiger partial charge on any atom is -0.467 e. The molecule has 0 aromatic rings. The van der Waals surface area contributed by atoms with E-state index in [4.69, 9.17) is 4.74 Å². The van der Waals surface area contributed by atoms with Crippen LogP contribution in [-0.2, 0) is 14.3 Å². The largest absolute Gasteiger partial charge is 0.467 e. The summed E-state index contributed by atoms with van der Waals surface area (Å²) < 4.78 is 4.73. The first kappa shape index (κ1) is 16.0. The van der Waals surface area contributed by atoms with Gasteiger partial charge in [-0.05, 0) is 44.2 Å².